The summed E-state index contributed by atoms with van der Waals surface area (Å²) in [6, 6.07) is 5.36. The number of hydrogen-bond acceptors (Lipinski definition) is 2. The maximum absolute atomic E-state index is 12.3. The number of carbonyl (C=O) groups excluding carboxylic acids is 1. The minimum atomic E-state index is -0.125. The maximum atomic E-state index is 12.3. The van der Waals surface area contributed by atoms with Crippen LogP contribution in [0.15, 0.2) is 18.2 Å². The monoisotopic (exact) mass is 280 g/mol. The molecule has 0 saturated heterocycles. The first-order valence-corrected chi connectivity index (χ1v) is 7.14. The fraction of sp³-hybridized carbons (Fsp3) is 0.533. The average molecular weight is 281 g/mol. The lowest BCUT2D eigenvalue weighted by Gasteiger charge is -2.39. The summed E-state index contributed by atoms with van der Waals surface area (Å²) in [5, 5.41) is 3.54. The molecule has 1 aliphatic rings. The fourth-order valence-corrected chi connectivity index (χ4v) is 2.91. The number of rotatable bonds is 2. The molecule has 1 aromatic rings. The Morgan fingerprint density at radius 3 is 2.84 bits per heavy atom. The molecule has 3 N–H and O–H groups in total. The van der Waals surface area contributed by atoms with Gasteiger partial charge in [0.2, 0.25) is 0 Å². The summed E-state index contributed by atoms with van der Waals surface area (Å²) in [6.45, 7) is 4.41. The minimum absolute atomic E-state index is 0.125. The molecule has 0 radical (unpaired) electrons. The van der Waals surface area contributed by atoms with Gasteiger partial charge in [-0.1, -0.05) is 44.4 Å². The van der Waals surface area contributed by atoms with E-state index in [9.17, 15) is 4.79 Å². The second kappa shape index (κ2) is 5.41. The molecule has 104 valence electrons. The third-order valence-electron chi connectivity index (χ3n) is 4.11. The van der Waals surface area contributed by atoms with E-state index in [-0.39, 0.29) is 17.4 Å². The van der Waals surface area contributed by atoms with E-state index in [1.54, 1.807) is 18.2 Å². The van der Waals surface area contributed by atoms with E-state index in [1.165, 1.54) is 12.8 Å². The van der Waals surface area contributed by atoms with Gasteiger partial charge in [-0.05, 0) is 30.4 Å². The van der Waals surface area contributed by atoms with Crippen LogP contribution >= 0.6 is 11.6 Å². The molecule has 0 spiro atoms. The Bertz CT molecular complexity index is 485. The van der Waals surface area contributed by atoms with Crippen LogP contribution in [0.4, 0.5) is 5.69 Å². The van der Waals surface area contributed by atoms with Gasteiger partial charge in [0.05, 0.1) is 16.3 Å². The average Bonchev–Trinajstić information content (AvgIpc) is 2.35. The van der Waals surface area contributed by atoms with Crippen molar-refractivity contribution < 1.29 is 4.79 Å². The number of halogens is 1. The number of nitrogens with two attached hydrogens (primary N) is 1. The molecule has 0 aliphatic heterocycles. The van der Waals surface area contributed by atoms with E-state index < -0.39 is 0 Å². The summed E-state index contributed by atoms with van der Waals surface area (Å²) in [7, 11) is 0. The molecule has 4 heteroatoms. The van der Waals surface area contributed by atoms with Crippen molar-refractivity contribution in [1.82, 2.24) is 5.32 Å². The third-order valence-corrected chi connectivity index (χ3v) is 4.44. The smallest absolute Gasteiger partial charge is 0.253 e. The Kier molecular flexibility index (Phi) is 4.04. The molecule has 2 rings (SSSR count). The van der Waals surface area contributed by atoms with Crippen LogP contribution in [0.3, 0.4) is 0 Å². The lowest BCUT2D eigenvalue weighted by molar-refractivity contribution is 0.0854. The Morgan fingerprint density at radius 2 is 2.16 bits per heavy atom. The SMILES string of the molecule is CC1(C)CCCCC1NC(=O)c1cccc(Cl)c1N. The van der Waals surface area contributed by atoms with Crippen LogP contribution in [0.1, 0.15) is 49.9 Å². The van der Waals surface area contributed by atoms with Crippen molar-refractivity contribution in [1.29, 1.82) is 0 Å². The van der Waals surface area contributed by atoms with Gasteiger partial charge in [0, 0.05) is 6.04 Å². The Hall–Kier alpha value is -1.22. The number of carbonyl (C=O) groups is 1. The highest BCUT2D eigenvalue weighted by Gasteiger charge is 2.33. The van der Waals surface area contributed by atoms with Crippen LogP contribution in [0.2, 0.25) is 5.02 Å². The molecular weight excluding hydrogens is 260 g/mol. The molecular formula is C15H21ClN2O. The zero-order valence-electron chi connectivity index (χ0n) is 11.5. The summed E-state index contributed by atoms with van der Waals surface area (Å²) in [6.07, 6.45) is 4.57. The molecule has 1 aromatic carbocycles. The second-order valence-electron chi connectivity index (χ2n) is 5.96. The molecule has 1 fully saturated rings. The van der Waals surface area contributed by atoms with Crippen molar-refractivity contribution >= 4 is 23.2 Å². The first-order chi connectivity index (χ1) is 8.92. The predicted octanol–water partition coefficient (Wildman–Crippen LogP) is 3.62. The summed E-state index contributed by atoms with van der Waals surface area (Å²) in [4.78, 5) is 12.3. The van der Waals surface area contributed by atoms with Gasteiger partial charge in [-0.2, -0.15) is 0 Å². The van der Waals surface area contributed by atoms with Crippen molar-refractivity contribution in [3.8, 4) is 0 Å². The summed E-state index contributed by atoms with van der Waals surface area (Å²) >= 11 is 5.95. The van der Waals surface area contributed by atoms with Crippen LogP contribution in [0.5, 0.6) is 0 Å². The highest BCUT2D eigenvalue weighted by molar-refractivity contribution is 6.33. The van der Waals surface area contributed by atoms with Crippen molar-refractivity contribution in [3.05, 3.63) is 28.8 Å². The van der Waals surface area contributed by atoms with Crippen LogP contribution in [0, 0.1) is 5.41 Å². The quantitative estimate of drug-likeness (QED) is 0.813. The zero-order valence-corrected chi connectivity index (χ0v) is 12.3. The van der Waals surface area contributed by atoms with Gasteiger partial charge in [-0.25, -0.2) is 0 Å². The van der Waals surface area contributed by atoms with Crippen LogP contribution in [-0.4, -0.2) is 11.9 Å². The lowest BCUT2D eigenvalue weighted by atomic mass is 9.73. The fourth-order valence-electron chi connectivity index (χ4n) is 2.73. The van der Waals surface area contributed by atoms with E-state index in [2.05, 4.69) is 19.2 Å². The van der Waals surface area contributed by atoms with Crippen molar-refractivity contribution in [2.45, 2.75) is 45.6 Å². The summed E-state index contributed by atoms with van der Waals surface area (Å²) < 4.78 is 0. The van der Waals surface area contributed by atoms with Crippen LogP contribution in [-0.2, 0) is 0 Å². The van der Waals surface area contributed by atoms with Crippen molar-refractivity contribution in [2.24, 2.45) is 5.41 Å². The molecule has 1 aliphatic carbocycles. The standard InChI is InChI=1S/C15H21ClN2O/c1-15(2)9-4-3-8-12(15)18-14(19)10-6-5-7-11(16)13(10)17/h5-7,12H,3-4,8-9,17H2,1-2H3,(H,18,19). The first kappa shape index (κ1) is 14.2. The largest absolute Gasteiger partial charge is 0.397 e. The van der Waals surface area contributed by atoms with Gasteiger partial charge in [0.1, 0.15) is 0 Å². The van der Waals surface area contributed by atoms with Gasteiger partial charge >= 0.3 is 0 Å². The number of hydrogen-bond donors (Lipinski definition) is 2. The normalized spacial score (nSPS) is 21.9. The van der Waals surface area contributed by atoms with E-state index >= 15 is 0 Å². The Labute approximate surface area is 119 Å². The summed E-state index contributed by atoms with van der Waals surface area (Å²) in [5.74, 6) is -0.125. The number of para-hydroxylation sites is 1. The molecule has 1 atom stereocenters. The van der Waals surface area contributed by atoms with Gasteiger partial charge in [-0.15, -0.1) is 0 Å². The first-order valence-electron chi connectivity index (χ1n) is 6.76. The summed E-state index contributed by atoms with van der Waals surface area (Å²) in [5.41, 5.74) is 6.83. The zero-order chi connectivity index (χ0) is 14.0. The van der Waals surface area contributed by atoms with Gasteiger partial charge in [0.25, 0.3) is 5.91 Å². The molecule has 0 heterocycles. The maximum Gasteiger partial charge on any atom is 0.253 e. The highest BCUT2D eigenvalue weighted by Crippen LogP contribution is 2.35. The number of nitrogens with one attached hydrogen (secondary N) is 1. The second-order valence-corrected chi connectivity index (χ2v) is 6.37. The Balaban J connectivity index is 2.15. The number of anilines is 1. The topological polar surface area (TPSA) is 55.1 Å². The van der Waals surface area contributed by atoms with E-state index in [0.29, 0.717) is 16.3 Å². The minimum Gasteiger partial charge on any atom is -0.397 e. The molecule has 1 saturated carbocycles. The number of amides is 1. The van der Waals surface area contributed by atoms with Crippen molar-refractivity contribution in [2.75, 3.05) is 5.73 Å². The van der Waals surface area contributed by atoms with Crippen LogP contribution in [0.25, 0.3) is 0 Å². The number of nitrogen functional groups attached to an aromatic ring is 1. The lowest BCUT2D eigenvalue weighted by Crippen LogP contribution is -2.46. The third kappa shape index (κ3) is 3.03. The van der Waals surface area contributed by atoms with Crippen LogP contribution < -0.4 is 11.1 Å². The molecule has 3 nitrogen and oxygen atoms in total. The molecule has 0 aromatic heterocycles. The van der Waals surface area contributed by atoms with Gasteiger partial charge in [-0.3, -0.25) is 4.79 Å². The predicted molar refractivity (Wildman–Crippen MR) is 79.4 cm³/mol. The van der Waals surface area contributed by atoms with Gasteiger partial charge < -0.3 is 11.1 Å². The highest BCUT2D eigenvalue weighted by atomic mass is 35.5. The van der Waals surface area contributed by atoms with Crippen molar-refractivity contribution in [3.63, 3.8) is 0 Å². The van der Waals surface area contributed by atoms with E-state index in [1.807, 2.05) is 0 Å². The van der Waals surface area contributed by atoms with Gasteiger partial charge in [0.15, 0.2) is 0 Å². The van der Waals surface area contributed by atoms with E-state index in [0.717, 1.165) is 12.8 Å². The molecule has 19 heavy (non-hydrogen) atoms. The Morgan fingerprint density at radius 1 is 1.42 bits per heavy atom. The molecule has 0 bridgehead atoms. The molecule has 1 unspecified atom stereocenters. The number of benzene rings is 1. The van der Waals surface area contributed by atoms with E-state index in [4.69, 9.17) is 17.3 Å². The molecule has 1 amide bonds.